The summed E-state index contributed by atoms with van der Waals surface area (Å²) in [6.45, 7) is 5.95. The molecule has 0 amide bonds. The van der Waals surface area contributed by atoms with Crippen LogP contribution in [0.15, 0.2) is 54.7 Å². The monoisotopic (exact) mass is 425 g/mol. The molecule has 0 radical (unpaired) electrons. The zero-order valence-corrected chi connectivity index (χ0v) is 17.6. The smallest absolute Gasteiger partial charge is 0.243 e. The lowest BCUT2D eigenvalue weighted by atomic mass is 10.2. The maximum Gasteiger partial charge on any atom is 0.243 e. The Kier molecular flexibility index (Phi) is 5.92. The summed E-state index contributed by atoms with van der Waals surface area (Å²) in [5.41, 5.74) is 8.42. The molecule has 1 aromatic heterocycles. The van der Waals surface area contributed by atoms with Crippen molar-refractivity contribution in [1.29, 1.82) is 0 Å². The molecule has 3 N–H and O–H groups in total. The Morgan fingerprint density at radius 1 is 1.13 bits per heavy atom. The van der Waals surface area contributed by atoms with Crippen molar-refractivity contribution in [2.24, 2.45) is 0 Å². The van der Waals surface area contributed by atoms with Crippen LogP contribution in [0.5, 0.6) is 11.6 Å². The Bertz CT molecular complexity index is 1000. The topological polar surface area (TPSA) is 85.5 Å². The number of nitrogens with zero attached hydrogens (tertiary/aromatic N) is 3. The average Bonchev–Trinajstić information content (AvgIpc) is 2.70. The highest BCUT2D eigenvalue weighted by Gasteiger charge is 2.22. The van der Waals surface area contributed by atoms with Gasteiger partial charge >= 0.3 is 0 Å². The van der Waals surface area contributed by atoms with E-state index in [0.29, 0.717) is 22.4 Å². The number of rotatable bonds is 5. The van der Waals surface area contributed by atoms with Crippen LogP contribution in [0.4, 0.5) is 23.0 Å². The summed E-state index contributed by atoms with van der Waals surface area (Å²) < 4.78 is 11.6. The summed E-state index contributed by atoms with van der Waals surface area (Å²) in [6, 6.07) is 15.2. The predicted molar refractivity (Wildman–Crippen MR) is 120 cm³/mol. The molecule has 0 bridgehead atoms. The molecule has 3 aromatic rings. The van der Waals surface area contributed by atoms with Gasteiger partial charge in [-0.2, -0.15) is 4.98 Å². The molecule has 156 valence electrons. The minimum absolute atomic E-state index is 0.215. The van der Waals surface area contributed by atoms with E-state index in [1.807, 2.05) is 12.1 Å². The standard InChI is InChI=1S/C22H24ClN5O2/c1-14-12-28(13-15(2)29-14)18-8-6-17(7-9-18)26-22-25-11-20(23)21(27-22)30-19-5-3-4-16(24)10-19/h3-11,14-15H,12-13,24H2,1-2H3,(H,25,26,27). The van der Waals surface area contributed by atoms with Gasteiger partial charge in [-0.25, -0.2) is 4.98 Å². The molecule has 8 heteroatoms. The van der Waals surface area contributed by atoms with Crippen molar-refractivity contribution < 1.29 is 9.47 Å². The van der Waals surface area contributed by atoms with Crippen molar-refractivity contribution >= 4 is 34.6 Å². The van der Waals surface area contributed by atoms with Gasteiger partial charge in [0.25, 0.3) is 0 Å². The maximum absolute atomic E-state index is 6.19. The Morgan fingerprint density at radius 3 is 2.57 bits per heavy atom. The van der Waals surface area contributed by atoms with Gasteiger partial charge in [-0.1, -0.05) is 17.7 Å². The number of ether oxygens (including phenoxy) is 2. The summed E-state index contributed by atoms with van der Waals surface area (Å²) in [7, 11) is 0. The molecule has 30 heavy (non-hydrogen) atoms. The molecule has 1 aliphatic heterocycles. The van der Waals surface area contributed by atoms with E-state index in [0.717, 1.165) is 24.5 Å². The van der Waals surface area contributed by atoms with Crippen LogP contribution < -0.4 is 20.7 Å². The van der Waals surface area contributed by atoms with Gasteiger partial charge in [-0.15, -0.1) is 0 Å². The molecule has 2 unspecified atom stereocenters. The van der Waals surface area contributed by atoms with Crippen LogP contribution >= 0.6 is 11.6 Å². The predicted octanol–water partition coefficient (Wildman–Crippen LogP) is 4.86. The lowest BCUT2D eigenvalue weighted by Crippen LogP contribution is -2.45. The number of aromatic nitrogens is 2. The minimum Gasteiger partial charge on any atom is -0.437 e. The fourth-order valence-electron chi connectivity index (χ4n) is 3.45. The van der Waals surface area contributed by atoms with Crippen LogP contribution in [-0.4, -0.2) is 35.3 Å². The molecule has 1 fully saturated rings. The quantitative estimate of drug-likeness (QED) is 0.564. The van der Waals surface area contributed by atoms with Gasteiger partial charge in [0.05, 0.1) is 18.4 Å². The lowest BCUT2D eigenvalue weighted by molar-refractivity contribution is -0.00521. The number of anilines is 4. The Hall–Kier alpha value is -3.03. The molecule has 7 nitrogen and oxygen atoms in total. The largest absolute Gasteiger partial charge is 0.437 e. The lowest BCUT2D eigenvalue weighted by Gasteiger charge is -2.36. The third-order valence-corrected chi connectivity index (χ3v) is 4.95. The van der Waals surface area contributed by atoms with Gasteiger partial charge in [-0.05, 0) is 50.2 Å². The van der Waals surface area contributed by atoms with Crippen molar-refractivity contribution in [3.05, 3.63) is 59.8 Å². The van der Waals surface area contributed by atoms with Gasteiger partial charge in [0, 0.05) is 36.2 Å². The molecule has 0 aliphatic carbocycles. The van der Waals surface area contributed by atoms with E-state index in [1.165, 1.54) is 6.20 Å². The number of nitrogens with two attached hydrogens (primary N) is 1. The van der Waals surface area contributed by atoms with E-state index in [2.05, 4.69) is 46.2 Å². The highest BCUT2D eigenvalue weighted by molar-refractivity contribution is 6.31. The summed E-state index contributed by atoms with van der Waals surface area (Å²) in [5, 5.41) is 3.50. The second kappa shape index (κ2) is 8.77. The van der Waals surface area contributed by atoms with E-state index in [1.54, 1.807) is 24.3 Å². The number of hydrogen-bond acceptors (Lipinski definition) is 7. The summed E-state index contributed by atoms with van der Waals surface area (Å²) in [4.78, 5) is 11.0. The minimum atomic E-state index is 0.215. The van der Waals surface area contributed by atoms with Gasteiger partial charge in [0.2, 0.25) is 11.8 Å². The molecule has 0 saturated carbocycles. The number of halogens is 1. The molecule has 2 atom stereocenters. The SMILES string of the molecule is CC1CN(c2ccc(Nc3ncc(Cl)c(Oc4cccc(N)c4)n3)cc2)CC(C)O1. The van der Waals surface area contributed by atoms with E-state index >= 15 is 0 Å². The first kappa shape index (κ1) is 20.3. The Labute approximate surface area is 180 Å². The number of morpholine rings is 1. The molecule has 0 spiro atoms. The second-order valence-corrected chi connectivity index (χ2v) is 7.76. The van der Waals surface area contributed by atoms with Gasteiger partial charge in [0.15, 0.2) is 0 Å². The molecular formula is C22H24ClN5O2. The number of nitrogens with one attached hydrogen (secondary N) is 1. The maximum atomic E-state index is 6.19. The van der Waals surface area contributed by atoms with E-state index in [-0.39, 0.29) is 18.1 Å². The molecular weight excluding hydrogens is 402 g/mol. The van der Waals surface area contributed by atoms with E-state index < -0.39 is 0 Å². The first-order chi connectivity index (χ1) is 14.5. The highest BCUT2D eigenvalue weighted by atomic mass is 35.5. The van der Waals surface area contributed by atoms with Crippen LogP contribution in [-0.2, 0) is 4.74 Å². The zero-order valence-electron chi connectivity index (χ0n) is 16.9. The first-order valence-electron chi connectivity index (χ1n) is 9.79. The summed E-state index contributed by atoms with van der Waals surface area (Å²) in [6.07, 6.45) is 1.93. The summed E-state index contributed by atoms with van der Waals surface area (Å²) in [5.74, 6) is 1.20. The molecule has 1 saturated heterocycles. The van der Waals surface area contributed by atoms with Gasteiger partial charge < -0.3 is 25.4 Å². The normalized spacial score (nSPS) is 18.8. The third-order valence-electron chi connectivity index (χ3n) is 4.69. The molecule has 4 rings (SSSR count). The summed E-state index contributed by atoms with van der Waals surface area (Å²) >= 11 is 6.19. The fourth-order valence-corrected chi connectivity index (χ4v) is 3.58. The first-order valence-corrected chi connectivity index (χ1v) is 10.2. The Morgan fingerprint density at radius 2 is 1.87 bits per heavy atom. The van der Waals surface area contributed by atoms with Gasteiger partial charge in [0.1, 0.15) is 10.8 Å². The van der Waals surface area contributed by atoms with E-state index in [9.17, 15) is 0 Å². The van der Waals surface area contributed by atoms with E-state index in [4.69, 9.17) is 26.8 Å². The van der Waals surface area contributed by atoms with Crippen molar-refractivity contribution in [1.82, 2.24) is 9.97 Å². The van der Waals surface area contributed by atoms with Crippen LogP contribution in [0.25, 0.3) is 0 Å². The van der Waals surface area contributed by atoms with Crippen molar-refractivity contribution in [2.45, 2.75) is 26.1 Å². The number of nitrogen functional groups attached to an aromatic ring is 1. The van der Waals surface area contributed by atoms with Crippen LogP contribution in [0, 0.1) is 0 Å². The molecule has 1 aliphatic rings. The number of hydrogen-bond donors (Lipinski definition) is 2. The average molecular weight is 426 g/mol. The van der Waals surface area contributed by atoms with Gasteiger partial charge in [-0.3, -0.25) is 0 Å². The fraction of sp³-hybridized carbons (Fsp3) is 0.273. The Balaban J connectivity index is 1.46. The van der Waals surface area contributed by atoms with Crippen molar-refractivity contribution in [2.75, 3.05) is 29.0 Å². The molecule has 2 aromatic carbocycles. The zero-order chi connectivity index (χ0) is 21.1. The van der Waals surface area contributed by atoms with Crippen molar-refractivity contribution in [3.8, 4) is 11.6 Å². The highest BCUT2D eigenvalue weighted by Crippen LogP contribution is 2.29. The van der Waals surface area contributed by atoms with Crippen molar-refractivity contribution in [3.63, 3.8) is 0 Å². The second-order valence-electron chi connectivity index (χ2n) is 7.36. The number of benzene rings is 2. The van der Waals surface area contributed by atoms with Crippen LogP contribution in [0.2, 0.25) is 5.02 Å². The third kappa shape index (κ3) is 4.93. The van der Waals surface area contributed by atoms with Crippen LogP contribution in [0.3, 0.4) is 0 Å². The molecule has 2 heterocycles. The van der Waals surface area contributed by atoms with Crippen LogP contribution in [0.1, 0.15) is 13.8 Å².